The van der Waals surface area contributed by atoms with Crippen molar-refractivity contribution in [3.63, 3.8) is 0 Å². The van der Waals surface area contributed by atoms with Crippen LogP contribution in [0.15, 0.2) is 29.7 Å². The van der Waals surface area contributed by atoms with Crippen molar-refractivity contribution in [2.45, 2.75) is 6.42 Å². The van der Waals surface area contributed by atoms with Crippen LogP contribution < -0.4 is 4.90 Å². The molecule has 0 spiro atoms. The Morgan fingerprint density at radius 3 is 3.00 bits per heavy atom. The first-order valence-corrected chi connectivity index (χ1v) is 4.26. The summed E-state index contributed by atoms with van der Waals surface area (Å²) in [5.74, 6) is -0.250. The molecular weight excluding hydrogens is 182 g/mol. The fourth-order valence-corrected chi connectivity index (χ4v) is 1.43. The Morgan fingerprint density at radius 2 is 2.43 bits per heavy atom. The molecule has 0 atom stereocenters. The van der Waals surface area contributed by atoms with Crippen LogP contribution in [0.4, 0.5) is 5.69 Å². The molecule has 14 heavy (non-hydrogen) atoms. The minimum Gasteiger partial charge on any atom is -0.410 e. The molecule has 0 radical (unpaired) electrons. The van der Waals surface area contributed by atoms with Gasteiger partial charge in [-0.3, -0.25) is 9.78 Å². The van der Waals surface area contributed by atoms with E-state index in [1.807, 2.05) is 0 Å². The zero-order valence-electron chi connectivity index (χ0n) is 7.42. The Morgan fingerprint density at radius 1 is 1.57 bits per heavy atom. The lowest BCUT2D eigenvalue weighted by atomic mass is 10.3. The molecule has 5 heteroatoms. The summed E-state index contributed by atoms with van der Waals surface area (Å²) in [7, 11) is 0. The highest BCUT2D eigenvalue weighted by Gasteiger charge is 2.29. The number of carbonyl (C=O) groups excluding carboxylic acids is 1. The van der Waals surface area contributed by atoms with E-state index in [1.165, 1.54) is 0 Å². The summed E-state index contributed by atoms with van der Waals surface area (Å²) < 4.78 is 0. The Balaban J connectivity index is 2.27. The number of amides is 1. The van der Waals surface area contributed by atoms with Gasteiger partial charge in [-0.05, 0) is 12.1 Å². The first kappa shape index (κ1) is 8.68. The van der Waals surface area contributed by atoms with Crippen molar-refractivity contribution < 1.29 is 10.0 Å². The number of carbonyl (C=O) groups is 1. The fraction of sp³-hybridized carbons (Fsp3) is 0.222. The molecule has 1 aromatic heterocycles. The van der Waals surface area contributed by atoms with Crippen LogP contribution >= 0.6 is 0 Å². The molecule has 1 amide bonds. The third-order valence-corrected chi connectivity index (χ3v) is 2.14. The molecule has 0 saturated carbocycles. The Labute approximate surface area is 80.7 Å². The van der Waals surface area contributed by atoms with Gasteiger partial charge in [0.25, 0.3) is 5.91 Å². The number of oxime groups is 1. The zero-order valence-corrected chi connectivity index (χ0v) is 7.42. The summed E-state index contributed by atoms with van der Waals surface area (Å²) in [6, 6.07) is 3.56. The first-order chi connectivity index (χ1) is 6.83. The van der Waals surface area contributed by atoms with Gasteiger partial charge in [-0.25, -0.2) is 0 Å². The Bertz CT molecular complexity index is 375. The quantitative estimate of drug-likeness (QED) is 0.523. The Hall–Kier alpha value is -1.91. The van der Waals surface area contributed by atoms with E-state index in [0.29, 0.717) is 13.0 Å². The molecule has 5 nitrogen and oxygen atoms in total. The van der Waals surface area contributed by atoms with E-state index in [0.717, 1.165) is 5.69 Å². The average molecular weight is 191 g/mol. The van der Waals surface area contributed by atoms with Gasteiger partial charge < -0.3 is 10.1 Å². The van der Waals surface area contributed by atoms with Crippen LogP contribution in [0.5, 0.6) is 0 Å². The van der Waals surface area contributed by atoms with E-state index >= 15 is 0 Å². The molecule has 2 heterocycles. The molecule has 0 unspecified atom stereocenters. The van der Waals surface area contributed by atoms with Crippen molar-refractivity contribution in [3.8, 4) is 0 Å². The SMILES string of the molecule is O=C1C(=NO)CCN1c1cccnc1. The molecule has 0 aliphatic carbocycles. The van der Waals surface area contributed by atoms with E-state index < -0.39 is 0 Å². The maximum atomic E-state index is 11.5. The van der Waals surface area contributed by atoms with Gasteiger partial charge in [-0.2, -0.15) is 0 Å². The summed E-state index contributed by atoms with van der Waals surface area (Å²) in [6.45, 7) is 0.546. The number of hydrogen-bond donors (Lipinski definition) is 1. The van der Waals surface area contributed by atoms with E-state index in [9.17, 15) is 4.79 Å². The number of pyridine rings is 1. The monoisotopic (exact) mass is 191 g/mol. The number of aromatic nitrogens is 1. The summed E-state index contributed by atoms with van der Waals surface area (Å²) in [5.41, 5.74) is 0.935. The lowest BCUT2D eigenvalue weighted by Crippen LogP contribution is -2.27. The summed E-state index contributed by atoms with van der Waals surface area (Å²) >= 11 is 0. The van der Waals surface area contributed by atoms with Crippen LogP contribution in [-0.4, -0.2) is 28.4 Å². The molecule has 1 aliphatic rings. The second kappa shape index (κ2) is 3.45. The zero-order chi connectivity index (χ0) is 9.97. The highest BCUT2D eigenvalue weighted by Crippen LogP contribution is 2.18. The van der Waals surface area contributed by atoms with Gasteiger partial charge in [0.1, 0.15) is 5.71 Å². The van der Waals surface area contributed by atoms with E-state index in [2.05, 4.69) is 10.1 Å². The third-order valence-electron chi connectivity index (χ3n) is 2.14. The van der Waals surface area contributed by atoms with Crippen molar-refractivity contribution in [3.05, 3.63) is 24.5 Å². The smallest absolute Gasteiger partial charge is 0.276 e. The van der Waals surface area contributed by atoms with Gasteiger partial charge >= 0.3 is 0 Å². The van der Waals surface area contributed by atoms with Crippen LogP contribution in [0.3, 0.4) is 0 Å². The first-order valence-electron chi connectivity index (χ1n) is 4.26. The second-order valence-electron chi connectivity index (χ2n) is 2.96. The van der Waals surface area contributed by atoms with E-state index in [4.69, 9.17) is 5.21 Å². The molecule has 1 fully saturated rings. The highest BCUT2D eigenvalue weighted by atomic mass is 16.4. The maximum absolute atomic E-state index is 11.5. The van der Waals surface area contributed by atoms with Gasteiger partial charge in [0.15, 0.2) is 0 Å². The Kier molecular flexibility index (Phi) is 2.14. The van der Waals surface area contributed by atoms with Crippen molar-refractivity contribution in [2.24, 2.45) is 5.16 Å². The van der Waals surface area contributed by atoms with Gasteiger partial charge in [0.05, 0.1) is 11.9 Å². The molecule has 2 rings (SSSR count). The number of nitrogens with zero attached hydrogens (tertiary/aromatic N) is 3. The van der Waals surface area contributed by atoms with Gasteiger partial charge in [-0.1, -0.05) is 5.16 Å². The second-order valence-corrected chi connectivity index (χ2v) is 2.96. The molecule has 1 aromatic rings. The normalized spacial score (nSPS) is 19.3. The predicted molar refractivity (Wildman–Crippen MR) is 50.4 cm³/mol. The fourth-order valence-electron chi connectivity index (χ4n) is 1.43. The molecule has 1 saturated heterocycles. The average Bonchev–Trinajstić information content (AvgIpc) is 2.61. The third kappa shape index (κ3) is 1.32. The maximum Gasteiger partial charge on any atom is 0.276 e. The number of rotatable bonds is 1. The largest absolute Gasteiger partial charge is 0.410 e. The van der Waals surface area contributed by atoms with Crippen LogP contribution in [0.25, 0.3) is 0 Å². The standard InChI is InChI=1S/C9H9N3O2/c13-9-8(11-14)3-5-12(9)7-2-1-4-10-6-7/h1-2,4,6,14H,3,5H2. The topological polar surface area (TPSA) is 65.8 Å². The predicted octanol–water partition coefficient (Wildman–Crippen LogP) is 0.649. The summed E-state index contributed by atoms with van der Waals surface area (Å²) in [5, 5.41) is 11.5. The highest BCUT2D eigenvalue weighted by molar-refractivity contribution is 6.45. The minimum atomic E-state index is -0.250. The molecule has 1 N–H and O–H groups in total. The van der Waals surface area contributed by atoms with Gasteiger partial charge in [0, 0.05) is 19.2 Å². The lowest BCUT2D eigenvalue weighted by Gasteiger charge is -2.13. The van der Waals surface area contributed by atoms with Gasteiger partial charge in [0.2, 0.25) is 0 Å². The minimum absolute atomic E-state index is 0.203. The molecule has 0 bridgehead atoms. The van der Waals surface area contributed by atoms with Crippen molar-refractivity contribution in [1.29, 1.82) is 0 Å². The number of hydrogen-bond acceptors (Lipinski definition) is 4. The van der Waals surface area contributed by atoms with Crippen LogP contribution in [0.1, 0.15) is 6.42 Å². The summed E-state index contributed by atoms with van der Waals surface area (Å²) in [4.78, 5) is 17.0. The van der Waals surface area contributed by atoms with Crippen molar-refractivity contribution in [2.75, 3.05) is 11.4 Å². The van der Waals surface area contributed by atoms with Crippen LogP contribution in [-0.2, 0) is 4.79 Å². The van der Waals surface area contributed by atoms with E-state index in [1.54, 1.807) is 29.4 Å². The lowest BCUT2D eigenvalue weighted by molar-refractivity contribution is -0.112. The van der Waals surface area contributed by atoms with Crippen molar-refractivity contribution >= 4 is 17.3 Å². The number of anilines is 1. The molecule has 0 aromatic carbocycles. The molecular formula is C9H9N3O2. The van der Waals surface area contributed by atoms with E-state index in [-0.39, 0.29) is 11.6 Å². The summed E-state index contributed by atoms with van der Waals surface area (Å²) in [6.07, 6.45) is 3.73. The van der Waals surface area contributed by atoms with Crippen LogP contribution in [0, 0.1) is 0 Å². The van der Waals surface area contributed by atoms with Crippen LogP contribution in [0.2, 0.25) is 0 Å². The molecule has 1 aliphatic heterocycles. The van der Waals surface area contributed by atoms with Crippen molar-refractivity contribution in [1.82, 2.24) is 4.98 Å². The van der Waals surface area contributed by atoms with Gasteiger partial charge in [-0.15, -0.1) is 0 Å². The molecule has 72 valence electrons.